The van der Waals surface area contributed by atoms with Crippen molar-refractivity contribution in [2.45, 2.75) is 30.6 Å². The molecule has 24 heteroatoms. The Morgan fingerprint density at radius 2 is 0.474 bits per heavy atom. The van der Waals surface area contributed by atoms with Gasteiger partial charge in [-0.3, -0.25) is 8.37 Å². The predicted molar refractivity (Wildman–Crippen MR) is 278 cm³/mol. The monoisotopic (exact) mass is 1120 g/mol. The summed E-state index contributed by atoms with van der Waals surface area (Å²) < 4.78 is 148. The van der Waals surface area contributed by atoms with Crippen molar-refractivity contribution in [2.75, 3.05) is 205 Å². The Labute approximate surface area is 450 Å². The van der Waals surface area contributed by atoms with E-state index in [0.29, 0.717) is 163 Å². The van der Waals surface area contributed by atoms with Gasteiger partial charge in [0.2, 0.25) is 0 Å². The van der Waals surface area contributed by atoms with Crippen molar-refractivity contribution in [3.05, 3.63) is 77.9 Å². The van der Waals surface area contributed by atoms with E-state index in [1.807, 2.05) is 20.8 Å². The molecule has 0 aliphatic carbocycles. The van der Waals surface area contributed by atoms with Crippen molar-refractivity contribution in [1.29, 1.82) is 0 Å². The highest BCUT2D eigenvalue weighted by Crippen LogP contribution is 2.28. The van der Waals surface area contributed by atoms with Crippen molar-refractivity contribution >= 4 is 20.2 Å². The number of hydrogen-bond donors (Lipinski definition) is 0. The van der Waals surface area contributed by atoms with E-state index < -0.39 is 20.2 Å². The maximum absolute atomic E-state index is 12.2. The molecule has 0 spiro atoms. The lowest BCUT2D eigenvalue weighted by Crippen LogP contribution is -2.15. The van der Waals surface area contributed by atoms with Crippen LogP contribution in [-0.2, 0) is 90.2 Å². The van der Waals surface area contributed by atoms with Crippen LogP contribution in [-0.4, -0.2) is 222 Å². The molecule has 0 unspecified atom stereocenters. The Bertz CT molecular complexity index is 1940. The molecule has 0 amide bonds. The first-order valence-corrected chi connectivity index (χ1v) is 28.4. The third kappa shape index (κ3) is 35.0. The van der Waals surface area contributed by atoms with Crippen molar-refractivity contribution in [2.24, 2.45) is 0 Å². The first kappa shape index (κ1) is 66.6. The Morgan fingerprint density at radius 3 is 0.697 bits per heavy atom. The van der Waals surface area contributed by atoms with E-state index in [4.69, 9.17) is 84.2 Å². The minimum absolute atomic E-state index is 0.0927. The fourth-order valence-corrected chi connectivity index (χ4v) is 7.74. The number of rotatable bonds is 53. The van der Waals surface area contributed by atoms with Gasteiger partial charge < -0.3 is 75.8 Å². The molecule has 22 nitrogen and oxygen atoms in total. The van der Waals surface area contributed by atoms with Gasteiger partial charge in [0.05, 0.1) is 188 Å². The lowest BCUT2D eigenvalue weighted by Gasteiger charge is -2.14. The van der Waals surface area contributed by atoms with Gasteiger partial charge >= 0.3 is 0 Å². The first-order valence-electron chi connectivity index (χ1n) is 25.6. The predicted octanol–water partition coefficient (Wildman–Crippen LogP) is 4.49. The molecule has 0 heterocycles. The van der Waals surface area contributed by atoms with Gasteiger partial charge in [0.15, 0.2) is 0 Å². The Kier molecular flexibility index (Phi) is 38.8. The number of ether oxygens (including phenoxy) is 16. The van der Waals surface area contributed by atoms with Crippen LogP contribution in [0.25, 0.3) is 0 Å². The Morgan fingerprint density at radius 1 is 0.276 bits per heavy atom. The third-order valence-corrected chi connectivity index (χ3v) is 12.5. The van der Waals surface area contributed by atoms with E-state index in [2.05, 4.69) is 0 Å². The van der Waals surface area contributed by atoms with Crippen LogP contribution in [0.5, 0.6) is 17.2 Å². The zero-order valence-electron chi connectivity index (χ0n) is 44.6. The standard InChI is InChI=1S/C52H82O22S2/c1-4-57-13-14-58-15-16-59-17-18-60-23-28-65-33-38-70-48-43-49(71-39-34-66-29-24-61-19-21-63-26-31-68-36-41-73-75(53,54)51-9-5-46(2)6-10-51)45-50(44-48)72-40-35-67-30-25-62-20-22-64-27-32-69-37-42-74-76(55,56)52-11-7-47(3)8-12-52/h5-12,43-45H,4,13-42H2,1-3H3. The van der Waals surface area contributed by atoms with Crippen molar-refractivity contribution in [3.8, 4) is 17.2 Å². The number of aryl methyl sites for hydroxylation is 2. The molecule has 0 aromatic heterocycles. The van der Waals surface area contributed by atoms with E-state index in [1.54, 1.807) is 42.5 Å². The number of hydrogen-bond acceptors (Lipinski definition) is 22. The average molecular weight is 1120 g/mol. The smallest absolute Gasteiger partial charge is 0.297 e. The molecule has 0 saturated heterocycles. The summed E-state index contributed by atoms with van der Waals surface area (Å²) in [5, 5.41) is 0. The van der Waals surface area contributed by atoms with Gasteiger partial charge in [0.25, 0.3) is 20.2 Å². The quantitative estimate of drug-likeness (QED) is 0.0560. The summed E-state index contributed by atoms with van der Waals surface area (Å²) in [4.78, 5) is 0.213. The van der Waals surface area contributed by atoms with Crippen LogP contribution in [0.2, 0.25) is 0 Å². The summed E-state index contributed by atoms with van der Waals surface area (Å²) in [7, 11) is -7.65. The molecule has 0 radical (unpaired) electrons. The minimum atomic E-state index is -3.82. The third-order valence-electron chi connectivity index (χ3n) is 9.82. The topological polar surface area (TPSA) is 234 Å². The summed E-state index contributed by atoms with van der Waals surface area (Å²) in [6, 6.07) is 18.2. The van der Waals surface area contributed by atoms with E-state index in [9.17, 15) is 16.8 Å². The first-order chi connectivity index (χ1) is 37.1. The largest absolute Gasteiger partial charge is 0.491 e. The summed E-state index contributed by atoms with van der Waals surface area (Å²) >= 11 is 0. The highest BCUT2D eigenvalue weighted by molar-refractivity contribution is 7.87. The van der Waals surface area contributed by atoms with Gasteiger partial charge in [0.1, 0.15) is 37.1 Å². The summed E-state index contributed by atoms with van der Waals surface area (Å²) in [5.41, 5.74) is 1.92. The van der Waals surface area contributed by atoms with Gasteiger partial charge in [-0.1, -0.05) is 35.4 Å². The molecule has 0 bridgehead atoms. The van der Waals surface area contributed by atoms with Crippen molar-refractivity contribution < 1.29 is 101 Å². The molecule has 3 rings (SSSR count). The molecule has 3 aromatic rings. The molecular weight excluding hydrogens is 1040 g/mol. The molecule has 0 N–H and O–H groups in total. The zero-order valence-corrected chi connectivity index (χ0v) is 46.2. The van der Waals surface area contributed by atoms with Crippen LogP contribution in [0.1, 0.15) is 18.1 Å². The molecule has 434 valence electrons. The molecule has 3 aromatic carbocycles. The summed E-state index contributed by atoms with van der Waals surface area (Å²) in [6.07, 6.45) is 0. The van der Waals surface area contributed by atoms with E-state index in [0.717, 1.165) is 11.1 Å². The highest BCUT2D eigenvalue weighted by atomic mass is 32.2. The fourth-order valence-electron chi connectivity index (χ4n) is 5.95. The summed E-state index contributed by atoms with van der Waals surface area (Å²) in [5.74, 6) is 1.60. The Hall–Kier alpha value is -3.64. The maximum atomic E-state index is 12.2. The second kappa shape index (κ2) is 44.2. The van der Waals surface area contributed by atoms with Crippen molar-refractivity contribution in [3.63, 3.8) is 0 Å². The van der Waals surface area contributed by atoms with Crippen LogP contribution in [0, 0.1) is 13.8 Å². The van der Waals surface area contributed by atoms with Crippen LogP contribution >= 0.6 is 0 Å². The minimum Gasteiger partial charge on any atom is -0.491 e. The normalized spacial score (nSPS) is 11.9. The highest BCUT2D eigenvalue weighted by Gasteiger charge is 2.16. The Balaban J connectivity index is 1.22. The van der Waals surface area contributed by atoms with Gasteiger partial charge in [-0.05, 0) is 45.0 Å². The SMILES string of the molecule is CCOCCOCCOCCOCCOCCOc1cc(OCCOCCOCCOCCOCCOS(=O)(=O)c2ccc(C)cc2)cc(OCCOCCOCCOCCOCCOS(=O)(=O)c2ccc(C)cc2)c1. The van der Waals surface area contributed by atoms with E-state index in [-0.39, 0.29) is 69.3 Å². The van der Waals surface area contributed by atoms with Gasteiger partial charge in [-0.25, -0.2) is 0 Å². The lowest BCUT2D eigenvalue weighted by molar-refractivity contribution is -0.0120. The van der Waals surface area contributed by atoms with Crippen LogP contribution in [0.15, 0.2) is 76.5 Å². The molecule has 0 saturated carbocycles. The zero-order chi connectivity index (χ0) is 54.5. The van der Waals surface area contributed by atoms with Gasteiger partial charge in [-0.2, -0.15) is 16.8 Å². The second-order valence-corrected chi connectivity index (χ2v) is 19.1. The molecule has 0 atom stereocenters. The van der Waals surface area contributed by atoms with E-state index in [1.165, 1.54) is 24.3 Å². The summed E-state index contributed by atoms with van der Waals surface area (Å²) in [6.45, 7) is 16.2. The maximum Gasteiger partial charge on any atom is 0.297 e. The second-order valence-electron chi connectivity index (χ2n) is 15.9. The average Bonchev–Trinajstić information content (AvgIpc) is 3.41. The molecule has 76 heavy (non-hydrogen) atoms. The molecule has 0 aliphatic heterocycles. The van der Waals surface area contributed by atoms with Crippen molar-refractivity contribution in [1.82, 2.24) is 0 Å². The van der Waals surface area contributed by atoms with Gasteiger partial charge in [-0.15, -0.1) is 0 Å². The van der Waals surface area contributed by atoms with Crippen LogP contribution < -0.4 is 14.2 Å². The number of benzene rings is 3. The van der Waals surface area contributed by atoms with Crippen LogP contribution in [0.4, 0.5) is 0 Å². The fraction of sp³-hybridized carbons (Fsp3) is 0.654. The van der Waals surface area contributed by atoms with Gasteiger partial charge in [0, 0.05) is 24.8 Å². The molecule has 0 fully saturated rings. The molecular formula is C52H82O22S2. The molecule has 0 aliphatic rings. The van der Waals surface area contributed by atoms with E-state index >= 15 is 0 Å². The van der Waals surface area contributed by atoms with Crippen LogP contribution in [0.3, 0.4) is 0 Å². The lowest BCUT2D eigenvalue weighted by atomic mass is 10.2.